The van der Waals surface area contributed by atoms with Crippen molar-refractivity contribution >= 4 is 39.1 Å². The van der Waals surface area contributed by atoms with Crippen molar-refractivity contribution in [3.8, 4) is 5.75 Å². The van der Waals surface area contributed by atoms with Crippen LogP contribution in [0.1, 0.15) is 10.4 Å². The van der Waals surface area contributed by atoms with Crippen LogP contribution >= 0.6 is 28.1 Å². The molecule has 72 valence electrons. The minimum absolute atomic E-state index is 0.160. The predicted octanol–water partition coefficient (Wildman–Crippen LogP) is 1.90. The number of carbonyl (C=O) groups excluding carboxylic acids is 1. The van der Waals surface area contributed by atoms with Gasteiger partial charge in [0.25, 0.3) is 5.91 Å². The molecule has 0 spiro atoms. The lowest BCUT2D eigenvalue weighted by Gasteiger charge is -2.04. The topological polar surface area (TPSA) is 38.3 Å². The van der Waals surface area contributed by atoms with Crippen molar-refractivity contribution in [1.82, 2.24) is 5.32 Å². The third-order valence-electron chi connectivity index (χ3n) is 1.81. The minimum Gasteiger partial charge on any atom is -0.447 e. The zero-order chi connectivity index (χ0) is 10.1. The highest BCUT2D eigenvalue weighted by Gasteiger charge is 2.18. The summed E-state index contributed by atoms with van der Waals surface area (Å²) in [6, 6.07) is 5.21. The average Bonchev–Trinajstić information content (AvgIpc) is 2.26. The predicted molar refractivity (Wildman–Crippen MR) is 59.7 cm³/mol. The molecule has 0 aromatic heterocycles. The largest absolute Gasteiger partial charge is 0.447 e. The number of halogens is 1. The first-order chi connectivity index (χ1) is 6.66. The Balaban J connectivity index is 2.52. The zero-order valence-electron chi connectivity index (χ0n) is 7.04. The maximum absolute atomic E-state index is 11.5. The van der Waals surface area contributed by atoms with Crippen molar-refractivity contribution in [1.29, 1.82) is 0 Å². The van der Waals surface area contributed by atoms with Crippen LogP contribution < -0.4 is 10.1 Å². The number of thiocarbonyl (C=S) groups is 1. The van der Waals surface area contributed by atoms with Gasteiger partial charge in [0, 0.05) is 4.47 Å². The maximum Gasteiger partial charge on any atom is 0.255 e. The fourth-order valence-corrected chi connectivity index (χ4v) is 1.68. The van der Waals surface area contributed by atoms with Gasteiger partial charge in [0.15, 0.2) is 5.05 Å². The standard InChI is InChI=1S/C9H6BrNO2S/c10-5-1-2-6-7(3-5)13-8(14)4-11-9(6)12/h1-3H,4H2,(H,11,12). The number of carbonyl (C=O) groups is 1. The number of hydrogen-bond acceptors (Lipinski definition) is 3. The van der Waals surface area contributed by atoms with Crippen molar-refractivity contribution in [3.63, 3.8) is 0 Å². The molecule has 3 nitrogen and oxygen atoms in total. The van der Waals surface area contributed by atoms with Crippen LogP contribution in [0, 0.1) is 0 Å². The monoisotopic (exact) mass is 271 g/mol. The van der Waals surface area contributed by atoms with Gasteiger partial charge in [-0.15, -0.1) is 0 Å². The van der Waals surface area contributed by atoms with Crippen LogP contribution in [0.25, 0.3) is 0 Å². The van der Waals surface area contributed by atoms with E-state index in [4.69, 9.17) is 17.0 Å². The van der Waals surface area contributed by atoms with Crippen LogP contribution in [0.15, 0.2) is 22.7 Å². The number of hydrogen-bond donors (Lipinski definition) is 1. The van der Waals surface area contributed by atoms with Gasteiger partial charge in [0.1, 0.15) is 5.75 Å². The summed E-state index contributed by atoms with van der Waals surface area (Å²) < 4.78 is 6.18. The molecule has 0 fully saturated rings. The second kappa shape index (κ2) is 3.67. The summed E-state index contributed by atoms with van der Waals surface area (Å²) in [6.45, 7) is 0.278. The Bertz CT molecular complexity index is 419. The van der Waals surface area contributed by atoms with E-state index in [1.165, 1.54) is 0 Å². The molecule has 1 aromatic carbocycles. The molecule has 0 saturated carbocycles. The molecule has 0 atom stereocenters. The SMILES string of the molecule is O=C1NCC(=S)Oc2cc(Br)ccc21. The van der Waals surface area contributed by atoms with Crippen molar-refractivity contribution in [3.05, 3.63) is 28.2 Å². The smallest absolute Gasteiger partial charge is 0.255 e. The Morgan fingerprint density at radius 1 is 1.50 bits per heavy atom. The minimum atomic E-state index is -0.160. The third kappa shape index (κ3) is 1.78. The van der Waals surface area contributed by atoms with Crippen LogP contribution in [-0.2, 0) is 0 Å². The number of ether oxygens (including phenoxy) is 1. The van der Waals surface area contributed by atoms with Crippen molar-refractivity contribution in [2.75, 3.05) is 6.54 Å². The summed E-state index contributed by atoms with van der Waals surface area (Å²) in [5.41, 5.74) is 0.507. The lowest BCUT2D eigenvalue weighted by molar-refractivity contribution is 0.0960. The molecule has 1 N–H and O–H groups in total. The van der Waals surface area contributed by atoms with Crippen molar-refractivity contribution in [2.45, 2.75) is 0 Å². The fourth-order valence-electron chi connectivity index (χ4n) is 1.17. The van der Waals surface area contributed by atoms with Gasteiger partial charge in [-0.1, -0.05) is 15.9 Å². The molecule has 0 bridgehead atoms. The number of amides is 1. The molecule has 1 aliphatic heterocycles. The molecule has 1 aromatic rings. The summed E-state index contributed by atoms with van der Waals surface area (Å²) in [5, 5.41) is 3.02. The Hall–Kier alpha value is -0.940. The second-order valence-corrected chi connectivity index (χ2v) is 4.17. The van der Waals surface area contributed by atoms with Crippen molar-refractivity contribution < 1.29 is 9.53 Å². The van der Waals surface area contributed by atoms with E-state index >= 15 is 0 Å². The van der Waals surface area contributed by atoms with Crippen LogP contribution in [0.4, 0.5) is 0 Å². The molecule has 1 aliphatic rings. The normalized spacial score (nSPS) is 15.2. The maximum atomic E-state index is 11.5. The van der Waals surface area contributed by atoms with Gasteiger partial charge in [-0.05, 0) is 30.4 Å². The summed E-state index contributed by atoms with van der Waals surface area (Å²) in [4.78, 5) is 11.5. The Morgan fingerprint density at radius 2 is 2.29 bits per heavy atom. The van der Waals surface area contributed by atoms with Gasteiger partial charge >= 0.3 is 0 Å². The summed E-state index contributed by atoms with van der Waals surface area (Å²) in [7, 11) is 0. The fraction of sp³-hybridized carbons (Fsp3) is 0.111. The highest BCUT2D eigenvalue weighted by molar-refractivity contribution is 9.10. The quantitative estimate of drug-likeness (QED) is 0.733. The van der Waals surface area contributed by atoms with Gasteiger partial charge < -0.3 is 10.1 Å². The van der Waals surface area contributed by atoms with E-state index in [9.17, 15) is 4.79 Å². The number of nitrogens with one attached hydrogen (secondary N) is 1. The first-order valence-electron chi connectivity index (χ1n) is 3.95. The Morgan fingerprint density at radius 3 is 3.07 bits per heavy atom. The first kappa shape index (κ1) is 9.61. The number of benzene rings is 1. The summed E-state index contributed by atoms with van der Waals surface area (Å²) in [6.07, 6.45) is 0. The second-order valence-electron chi connectivity index (χ2n) is 2.80. The molecule has 1 amide bonds. The molecule has 2 rings (SSSR count). The molecule has 5 heteroatoms. The molecule has 0 radical (unpaired) electrons. The van der Waals surface area contributed by atoms with E-state index < -0.39 is 0 Å². The van der Waals surface area contributed by atoms with Gasteiger partial charge in [-0.2, -0.15) is 0 Å². The lowest BCUT2D eigenvalue weighted by Crippen LogP contribution is -2.26. The molecular weight excluding hydrogens is 266 g/mol. The van der Waals surface area contributed by atoms with Crippen LogP contribution in [-0.4, -0.2) is 17.5 Å². The van der Waals surface area contributed by atoms with E-state index in [-0.39, 0.29) is 12.5 Å². The average molecular weight is 272 g/mol. The van der Waals surface area contributed by atoms with Crippen LogP contribution in [0.2, 0.25) is 0 Å². The van der Waals surface area contributed by atoms with Gasteiger partial charge in [-0.3, -0.25) is 4.79 Å². The van der Waals surface area contributed by atoms with Crippen LogP contribution in [0.3, 0.4) is 0 Å². The third-order valence-corrected chi connectivity index (χ3v) is 2.53. The molecule has 1 heterocycles. The van der Waals surface area contributed by atoms with Gasteiger partial charge in [0.2, 0.25) is 0 Å². The van der Waals surface area contributed by atoms with E-state index in [0.29, 0.717) is 16.4 Å². The van der Waals surface area contributed by atoms with Crippen molar-refractivity contribution in [2.24, 2.45) is 0 Å². The Labute approximate surface area is 94.6 Å². The summed E-state index contributed by atoms with van der Waals surface area (Å²) >= 11 is 8.21. The van der Waals surface area contributed by atoms with E-state index in [0.717, 1.165) is 4.47 Å². The highest BCUT2D eigenvalue weighted by Crippen LogP contribution is 2.25. The highest BCUT2D eigenvalue weighted by atomic mass is 79.9. The Kier molecular flexibility index (Phi) is 2.52. The summed E-state index contributed by atoms with van der Waals surface area (Å²) in [5.74, 6) is 0.340. The van der Waals surface area contributed by atoms with Gasteiger partial charge in [0.05, 0.1) is 12.1 Å². The number of rotatable bonds is 0. The molecule has 14 heavy (non-hydrogen) atoms. The van der Waals surface area contributed by atoms with E-state index in [2.05, 4.69) is 21.2 Å². The van der Waals surface area contributed by atoms with E-state index in [1.54, 1.807) is 18.2 Å². The first-order valence-corrected chi connectivity index (χ1v) is 5.15. The molecule has 0 saturated heterocycles. The molecular formula is C9H6BrNO2S. The van der Waals surface area contributed by atoms with E-state index in [1.807, 2.05) is 0 Å². The number of fused-ring (bicyclic) bond motifs is 1. The van der Waals surface area contributed by atoms with Crippen LogP contribution in [0.5, 0.6) is 5.75 Å². The molecule has 0 unspecified atom stereocenters. The zero-order valence-corrected chi connectivity index (χ0v) is 9.44. The lowest BCUT2D eigenvalue weighted by atomic mass is 10.2. The van der Waals surface area contributed by atoms with Gasteiger partial charge in [-0.25, -0.2) is 0 Å². The molecule has 0 aliphatic carbocycles.